The molecule has 0 bridgehead atoms. The monoisotopic (exact) mass is 139 g/mol. The summed E-state index contributed by atoms with van der Waals surface area (Å²) >= 11 is 0. The molecule has 0 spiro atoms. The van der Waals surface area contributed by atoms with Gasteiger partial charge in [0, 0.05) is 12.4 Å². The van der Waals surface area contributed by atoms with Gasteiger partial charge in [0.15, 0.2) is 0 Å². The molecule has 1 unspecified atom stereocenters. The van der Waals surface area contributed by atoms with Gasteiger partial charge in [-0.1, -0.05) is 8.58 Å². The van der Waals surface area contributed by atoms with Crippen LogP contribution in [0.2, 0.25) is 0 Å². The van der Waals surface area contributed by atoms with E-state index >= 15 is 0 Å². The number of rotatable bonds is 1. The van der Waals surface area contributed by atoms with Gasteiger partial charge in [-0.25, -0.2) is 0 Å². The van der Waals surface area contributed by atoms with Gasteiger partial charge in [-0.3, -0.25) is 4.98 Å². The summed E-state index contributed by atoms with van der Waals surface area (Å²) in [5.41, 5.74) is 1.30. The van der Waals surface area contributed by atoms with E-state index in [-0.39, 0.29) is 0 Å². The molecule has 2 heteroatoms. The fraction of sp³-hybridized carbons (Fsp3) is 0.286. The molecule has 1 aromatic heterocycles. The van der Waals surface area contributed by atoms with Crippen molar-refractivity contribution in [3.63, 3.8) is 0 Å². The largest absolute Gasteiger partial charge is 0.264 e. The Balaban J connectivity index is 3.01. The summed E-state index contributed by atoms with van der Waals surface area (Å²) < 4.78 is 0. The first-order chi connectivity index (χ1) is 4.34. The fourth-order valence-electron chi connectivity index (χ4n) is 0.754. The number of aryl methyl sites for hydroxylation is 1. The van der Waals surface area contributed by atoms with Crippen molar-refractivity contribution in [2.24, 2.45) is 0 Å². The first kappa shape index (κ1) is 6.70. The van der Waals surface area contributed by atoms with E-state index in [9.17, 15) is 0 Å². The van der Waals surface area contributed by atoms with Crippen molar-refractivity contribution in [3.05, 3.63) is 24.0 Å². The summed E-state index contributed by atoms with van der Waals surface area (Å²) in [6, 6.07) is 2.08. The highest BCUT2D eigenvalue weighted by atomic mass is 31.1. The molecule has 1 atom stereocenters. The molecule has 0 aliphatic heterocycles. The van der Waals surface area contributed by atoms with Gasteiger partial charge in [-0.2, -0.15) is 0 Å². The van der Waals surface area contributed by atoms with Gasteiger partial charge in [-0.05, 0) is 30.5 Å². The maximum absolute atomic E-state index is 4.00. The highest BCUT2D eigenvalue weighted by Crippen LogP contribution is 2.05. The molecule has 1 aromatic rings. The normalized spacial score (nSPS) is 10.9. The SMILES string of the molecule is CPc1ccncc1C. The van der Waals surface area contributed by atoms with Crippen molar-refractivity contribution in [1.29, 1.82) is 0 Å². The maximum atomic E-state index is 4.00. The maximum Gasteiger partial charge on any atom is 0.0303 e. The smallest absolute Gasteiger partial charge is 0.0303 e. The zero-order chi connectivity index (χ0) is 6.69. The summed E-state index contributed by atoms with van der Waals surface area (Å²) in [6.45, 7) is 4.28. The Hall–Kier alpha value is -0.420. The zero-order valence-electron chi connectivity index (χ0n) is 5.68. The Bertz CT molecular complexity index is 198. The number of nitrogens with zero attached hydrogens (tertiary/aromatic N) is 1. The second-order valence-corrected chi connectivity index (χ2v) is 2.98. The second-order valence-electron chi connectivity index (χ2n) is 1.94. The molecule has 1 heterocycles. The minimum Gasteiger partial charge on any atom is -0.264 e. The van der Waals surface area contributed by atoms with Crippen LogP contribution in [0.4, 0.5) is 0 Å². The molecule has 0 radical (unpaired) electrons. The van der Waals surface area contributed by atoms with E-state index < -0.39 is 0 Å². The third kappa shape index (κ3) is 1.49. The Morgan fingerprint density at radius 3 is 2.78 bits per heavy atom. The van der Waals surface area contributed by atoms with E-state index in [4.69, 9.17) is 0 Å². The molecule has 0 saturated carbocycles. The van der Waals surface area contributed by atoms with Gasteiger partial charge in [-0.15, -0.1) is 0 Å². The van der Waals surface area contributed by atoms with E-state index in [1.165, 1.54) is 10.9 Å². The van der Waals surface area contributed by atoms with Crippen LogP contribution in [0.5, 0.6) is 0 Å². The van der Waals surface area contributed by atoms with E-state index in [2.05, 4.69) is 24.6 Å². The van der Waals surface area contributed by atoms with Crippen LogP contribution in [0.3, 0.4) is 0 Å². The molecule has 0 amide bonds. The van der Waals surface area contributed by atoms with E-state index in [1.54, 1.807) is 0 Å². The summed E-state index contributed by atoms with van der Waals surface area (Å²) in [7, 11) is 0.889. The molecule has 0 N–H and O–H groups in total. The van der Waals surface area contributed by atoms with Crippen LogP contribution >= 0.6 is 8.58 Å². The van der Waals surface area contributed by atoms with Crippen LogP contribution < -0.4 is 5.30 Å². The molecule has 1 rings (SSSR count). The first-order valence-electron chi connectivity index (χ1n) is 2.93. The van der Waals surface area contributed by atoms with Crippen molar-refractivity contribution in [3.8, 4) is 0 Å². The highest BCUT2D eigenvalue weighted by Gasteiger charge is 1.90. The van der Waals surface area contributed by atoms with Crippen LogP contribution in [-0.2, 0) is 0 Å². The average Bonchev–Trinajstić information content (AvgIpc) is 1.89. The lowest BCUT2D eigenvalue weighted by atomic mass is 10.3. The van der Waals surface area contributed by atoms with Crippen molar-refractivity contribution in [2.75, 3.05) is 6.66 Å². The molecule has 9 heavy (non-hydrogen) atoms. The average molecular weight is 139 g/mol. The summed E-state index contributed by atoms with van der Waals surface area (Å²) in [5.74, 6) is 0. The summed E-state index contributed by atoms with van der Waals surface area (Å²) in [6.07, 6.45) is 3.75. The Morgan fingerprint density at radius 2 is 2.33 bits per heavy atom. The first-order valence-corrected chi connectivity index (χ1v) is 4.43. The number of pyridine rings is 1. The van der Waals surface area contributed by atoms with Crippen LogP contribution in [0.1, 0.15) is 5.56 Å². The molecular weight excluding hydrogens is 129 g/mol. The molecule has 0 saturated heterocycles. The highest BCUT2D eigenvalue weighted by molar-refractivity contribution is 7.46. The van der Waals surface area contributed by atoms with Gasteiger partial charge in [0.1, 0.15) is 0 Å². The van der Waals surface area contributed by atoms with Crippen molar-refractivity contribution >= 4 is 13.9 Å². The Labute approximate surface area is 57.3 Å². The van der Waals surface area contributed by atoms with Crippen molar-refractivity contribution in [2.45, 2.75) is 6.92 Å². The van der Waals surface area contributed by atoms with Gasteiger partial charge in [0.25, 0.3) is 0 Å². The zero-order valence-corrected chi connectivity index (χ0v) is 6.68. The third-order valence-corrected chi connectivity index (χ3v) is 2.39. The standard InChI is InChI=1S/C7H10NP/c1-6-5-8-4-3-7(6)9-2/h3-5,9H,1-2H3. The minimum absolute atomic E-state index is 0.889. The number of hydrogen-bond donors (Lipinski definition) is 0. The molecule has 48 valence electrons. The molecule has 0 aromatic carbocycles. The predicted octanol–water partition coefficient (Wildman–Crippen LogP) is 1.32. The van der Waals surface area contributed by atoms with Crippen molar-refractivity contribution < 1.29 is 0 Å². The summed E-state index contributed by atoms with van der Waals surface area (Å²) in [5, 5.41) is 1.42. The molecule has 0 aliphatic rings. The lowest BCUT2D eigenvalue weighted by Gasteiger charge is -1.97. The quantitative estimate of drug-likeness (QED) is 0.535. The lowest BCUT2D eigenvalue weighted by Crippen LogP contribution is -1.98. The van der Waals surface area contributed by atoms with Crippen LogP contribution in [0.25, 0.3) is 0 Å². The number of aromatic nitrogens is 1. The topological polar surface area (TPSA) is 12.9 Å². The van der Waals surface area contributed by atoms with E-state index in [0.717, 1.165) is 8.58 Å². The van der Waals surface area contributed by atoms with Gasteiger partial charge in [0.05, 0.1) is 0 Å². The van der Waals surface area contributed by atoms with Crippen LogP contribution in [-0.4, -0.2) is 11.6 Å². The Kier molecular flexibility index (Phi) is 2.18. The van der Waals surface area contributed by atoms with E-state index in [0.29, 0.717) is 0 Å². The molecule has 0 aliphatic carbocycles. The summed E-state index contributed by atoms with van der Waals surface area (Å²) in [4.78, 5) is 4.00. The molecular formula is C7H10NP. The van der Waals surface area contributed by atoms with Crippen LogP contribution in [0, 0.1) is 6.92 Å². The Morgan fingerprint density at radius 1 is 1.56 bits per heavy atom. The molecule has 0 fully saturated rings. The van der Waals surface area contributed by atoms with Crippen LogP contribution in [0.15, 0.2) is 18.5 Å². The van der Waals surface area contributed by atoms with Crippen molar-refractivity contribution in [1.82, 2.24) is 4.98 Å². The third-order valence-electron chi connectivity index (χ3n) is 1.29. The van der Waals surface area contributed by atoms with E-state index in [1.807, 2.05) is 12.4 Å². The molecule has 1 nitrogen and oxygen atoms in total. The van der Waals surface area contributed by atoms with Gasteiger partial charge in [0.2, 0.25) is 0 Å². The fourth-order valence-corrected chi connectivity index (χ4v) is 1.45. The van der Waals surface area contributed by atoms with Gasteiger partial charge < -0.3 is 0 Å². The number of hydrogen-bond acceptors (Lipinski definition) is 1. The van der Waals surface area contributed by atoms with Gasteiger partial charge >= 0.3 is 0 Å². The lowest BCUT2D eigenvalue weighted by molar-refractivity contribution is 1.29. The minimum atomic E-state index is 0.889. The second kappa shape index (κ2) is 2.93. The predicted molar refractivity (Wildman–Crippen MR) is 42.8 cm³/mol.